The van der Waals surface area contributed by atoms with E-state index in [2.05, 4.69) is 5.32 Å². The van der Waals surface area contributed by atoms with Crippen molar-refractivity contribution in [2.24, 2.45) is 0 Å². The number of rotatable bonds is 3. The highest BCUT2D eigenvalue weighted by molar-refractivity contribution is 6.03. The number of ether oxygens (including phenoxy) is 1. The van der Waals surface area contributed by atoms with E-state index >= 15 is 0 Å². The Morgan fingerprint density at radius 3 is 3.04 bits per heavy atom. The van der Waals surface area contributed by atoms with Gasteiger partial charge in [0.1, 0.15) is 11.3 Å². The van der Waals surface area contributed by atoms with E-state index in [0.29, 0.717) is 18.5 Å². The monoisotopic (exact) mass is 328 g/mol. The van der Waals surface area contributed by atoms with Gasteiger partial charge in [-0.2, -0.15) is 0 Å². The lowest BCUT2D eigenvalue weighted by Crippen LogP contribution is -2.37. The average molecular weight is 328 g/mol. The predicted octanol–water partition coefficient (Wildman–Crippen LogP) is 1.73. The zero-order chi connectivity index (χ0) is 16.8. The van der Waals surface area contributed by atoms with Gasteiger partial charge >= 0.3 is 0 Å². The molecule has 3 heterocycles. The van der Waals surface area contributed by atoms with Crippen molar-refractivity contribution in [2.75, 3.05) is 13.2 Å². The summed E-state index contributed by atoms with van der Waals surface area (Å²) in [5.74, 6) is -0.768. The molecule has 2 aromatic rings. The first kappa shape index (κ1) is 15.2. The number of carbonyl (C=O) groups excluding carboxylic acids is 1. The number of nitrogens with one attached hydrogen (secondary N) is 1. The van der Waals surface area contributed by atoms with Crippen LogP contribution in [0.5, 0.6) is 5.75 Å². The fourth-order valence-corrected chi connectivity index (χ4v) is 3.82. The molecular formula is C18H20N2O4. The second-order valence-corrected chi connectivity index (χ2v) is 6.61. The van der Waals surface area contributed by atoms with Gasteiger partial charge in [-0.25, -0.2) is 0 Å². The third-order valence-corrected chi connectivity index (χ3v) is 4.98. The van der Waals surface area contributed by atoms with Crippen molar-refractivity contribution < 1.29 is 14.6 Å². The summed E-state index contributed by atoms with van der Waals surface area (Å²) in [7, 11) is 0. The van der Waals surface area contributed by atoms with Crippen LogP contribution < -0.4 is 10.9 Å². The van der Waals surface area contributed by atoms with Gasteiger partial charge < -0.3 is 19.7 Å². The number of nitrogens with zero attached hydrogens (tertiary/aromatic N) is 1. The maximum Gasteiger partial charge on any atom is 0.267 e. The summed E-state index contributed by atoms with van der Waals surface area (Å²) in [5, 5.41) is 13.8. The number of pyridine rings is 1. The van der Waals surface area contributed by atoms with Gasteiger partial charge in [0.05, 0.1) is 11.6 Å². The van der Waals surface area contributed by atoms with E-state index in [1.807, 2.05) is 19.1 Å². The van der Waals surface area contributed by atoms with Gasteiger partial charge in [0.25, 0.3) is 11.5 Å². The standard InChI is InChI=1S/C18H20N2O4/c1-10-8-11-4-2-6-13-15(11)20(10)18(23)14(16(13)21)17(22)19-9-12-5-3-7-24-12/h2,4,6,10,12,21H,3,5,7-9H2,1H3,(H,19,22)/t10-,12-/m1/s1. The van der Waals surface area contributed by atoms with E-state index in [1.54, 1.807) is 10.6 Å². The quantitative estimate of drug-likeness (QED) is 0.899. The molecule has 126 valence electrons. The highest BCUT2D eigenvalue weighted by Crippen LogP contribution is 2.35. The highest BCUT2D eigenvalue weighted by atomic mass is 16.5. The molecular weight excluding hydrogens is 308 g/mol. The molecule has 0 unspecified atom stereocenters. The zero-order valence-corrected chi connectivity index (χ0v) is 13.5. The van der Waals surface area contributed by atoms with Gasteiger partial charge in [0.15, 0.2) is 0 Å². The molecule has 0 spiro atoms. The first-order valence-electron chi connectivity index (χ1n) is 8.36. The summed E-state index contributed by atoms with van der Waals surface area (Å²) in [6.07, 6.45) is 2.59. The fraction of sp³-hybridized carbons (Fsp3) is 0.444. The van der Waals surface area contributed by atoms with E-state index in [4.69, 9.17) is 4.74 Å². The minimum Gasteiger partial charge on any atom is -0.506 e. The number of aromatic nitrogens is 1. The molecule has 0 aliphatic carbocycles. The van der Waals surface area contributed by atoms with Crippen LogP contribution in [0.4, 0.5) is 0 Å². The first-order chi connectivity index (χ1) is 11.6. The lowest BCUT2D eigenvalue weighted by Gasteiger charge is -2.15. The van der Waals surface area contributed by atoms with Gasteiger partial charge in [-0.05, 0) is 37.8 Å². The molecule has 6 nitrogen and oxygen atoms in total. The largest absolute Gasteiger partial charge is 0.506 e. The lowest BCUT2D eigenvalue weighted by atomic mass is 10.1. The van der Waals surface area contributed by atoms with Crippen molar-refractivity contribution in [2.45, 2.75) is 38.3 Å². The molecule has 2 aliphatic heterocycles. The van der Waals surface area contributed by atoms with Crippen molar-refractivity contribution in [3.63, 3.8) is 0 Å². The van der Waals surface area contributed by atoms with Gasteiger partial charge in [0, 0.05) is 24.6 Å². The SMILES string of the molecule is C[C@@H]1Cc2cccc3c(O)c(C(=O)NC[C@H]4CCCO4)c(=O)n1c23. The van der Waals surface area contributed by atoms with E-state index in [1.165, 1.54) is 0 Å². The topological polar surface area (TPSA) is 80.6 Å². The van der Waals surface area contributed by atoms with Crippen LogP contribution in [0.15, 0.2) is 23.0 Å². The van der Waals surface area contributed by atoms with E-state index < -0.39 is 11.5 Å². The molecule has 4 rings (SSSR count). The van der Waals surface area contributed by atoms with Crippen molar-refractivity contribution in [1.29, 1.82) is 0 Å². The summed E-state index contributed by atoms with van der Waals surface area (Å²) in [4.78, 5) is 25.4. The molecule has 2 atom stereocenters. The molecule has 0 radical (unpaired) electrons. The maximum atomic E-state index is 12.8. The number of para-hydroxylation sites is 1. The third kappa shape index (κ3) is 2.21. The van der Waals surface area contributed by atoms with Crippen molar-refractivity contribution >= 4 is 16.8 Å². The fourth-order valence-electron chi connectivity index (χ4n) is 3.82. The number of benzene rings is 1. The lowest BCUT2D eigenvalue weighted by molar-refractivity contribution is 0.0854. The molecule has 2 N–H and O–H groups in total. The number of hydrogen-bond acceptors (Lipinski definition) is 4. The number of hydrogen-bond donors (Lipinski definition) is 2. The first-order valence-corrected chi connectivity index (χ1v) is 8.36. The molecule has 1 fully saturated rings. The molecule has 24 heavy (non-hydrogen) atoms. The Kier molecular flexibility index (Phi) is 3.57. The minimum absolute atomic E-state index is 0.0139. The summed E-state index contributed by atoms with van der Waals surface area (Å²) in [6.45, 7) is 3.01. The van der Waals surface area contributed by atoms with Crippen LogP contribution in [0.1, 0.15) is 41.7 Å². The van der Waals surface area contributed by atoms with Crippen LogP contribution in [0.2, 0.25) is 0 Å². The molecule has 0 saturated carbocycles. The molecule has 0 bridgehead atoms. The molecule has 1 aromatic carbocycles. The third-order valence-electron chi connectivity index (χ3n) is 4.98. The van der Waals surface area contributed by atoms with Crippen LogP contribution in [0, 0.1) is 0 Å². The summed E-state index contributed by atoms with van der Waals surface area (Å²) in [5.41, 5.74) is 1.16. The van der Waals surface area contributed by atoms with Gasteiger partial charge in [-0.3, -0.25) is 9.59 Å². The van der Waals surface area contributed by atoms with Gasteiger partial charge in [-0.15, -0.1) is 0 Å². The second kappa shape index (κ2) is 5.63. The van der Waals surface area contributed by atoms with Gasteiger partial charge in [0.2, 0.25) is 0 Å². The minimum atomic E-state index is -0.539. The van der Waals surface area contributed by atoms with Crippen LogP contribution >= 0.6 is 0 Å². The summed E-state index contributed by atoms with van der Waals surface area (Å²) in [6, 6.07) is 5.53. The van der Waals surface area contributed by atoms with Crippen LogP contribution in [0.25, 0.3) is 10.9 Å². The van der Waals surface area contributed by atoms with E-state index in [-0.39, 0.29) is 23.5 Å². The summed E-state index contributed by atoms with van der Waals surface area (Å²) >= 11 is 0. The summed E-state index contributed by atoms with van der Waals surface area (Å²) < 4.78 is 7.11. The zero-order valence-electron chi connectivity index (χ0n) is 13.5. The Morgan fingerprint density at radius 1 is 1.46 bits per heavy atom. The molecule has 1 amide bonds. The van der Waals surface area contributed by atoms with Crippen molar-refractivity contribution in [3.8, 4) is 5.75 Å². The maximum absolute atomic E-state index is 12.8. The van der Waals surface area contributed by atoms with Crippen molar-refractivity contribution in [3.05, 3.63) is 39.7 Å². The van der Waals surface area contributed by atoms with E-state index in [9.17, 15) is 14.7 Å². The number of aromatic hydroxyl groups is 1. The second-order valence-electron chi connectivity index (χ2n) is 6.61. The average Bonchev–Trinajstić information content (AvgIpc) is 3.18. The Balaban J connectivity index is 1.76. The van der Waals surface area contributed by atoms with Crippen LogP contribution in [0.3, 0.4) is 0 Å². The van der Waals surface area contributed by atoms with Crippen LogP contribution in [-0.4, -0.2) is 34.8 Å². The molecule has 1 aromatic heterocycles. The smallest absolute Gasteiger partial charge is 0.267 e. The number of carbonyl (C=O) groups is 1. The van der Waals surface area contributed by atoms with Crippen molar-refractivity contribution in [1.82, 2.24) is 9.88 Å². The Hall–Kier alpha value is -2.34. The Morgan fingerprint density at radius 2 is 2.29 bits per heavy atom. The Labute approximate surface area is 139 Å². The van der Waals surface area contributed by atoms with Gasteiger partial charge in [-0.1, -0.05) is 12.1 Å². The predicted molar refractivity (Wildman–Crippen MR) is 89.6 cm³/mol. The van der Waals surface area contributed by atoms with E-state index in [0.717, 1.165) is 30.3 Å². The molecule has 6 heteroatoms. The highest BCUT2D eigenvalue weighted by Gasteiger charge is 2.29. The van der Waals surface area contributed by atoms with Crippen LogP contribution in [-0.2, 0) is 11.2 Å². The molecule has 1 saturated heterocycles. The normalized spacial score (nSPS) is 22.2. The number of amides is 1. The Bertz CT molecular complexity index is 881. The molecule has 2 aliphatic rings.